The topological polar surface area (TPSA) is 94.5 Å². The second-order valence-corrected chi connectivity index (χ2v) is 7.06. The number of amides is 2. The van der Waals surface area contributed by atoms with Gasteiger partial charge in [0.1, 0.15) is 5.82 Å². The Hall–Kier alpha value is -3.52. The third kappa shape index (κ3) is 3.62. The van der Waals surface area contributed by atoms with Crippen molar-refractivity contribution in [2.45, 2.75) is 27.0 Å². The monoisotopic (exact) mass is 390 g/mol. The summed E-state index contributed by atoms with van der Waals surface area (Å²) in [5, 5.41) is 12.6. The molecule has 29 heavy (non-hydrogen) atoms. The number of pyridine rings is 1. The van der Waals surface area contributed by atoms with Crippen LogP contribution in [-0.2, 0) is 13.2 Å². The molecule has 0 unspecified atom stereocenters. The summed E-state index contributed by atoms with van der Waals surface area (Å²) in [6.07, 6.45) is 3.44. The van der Waals surface area contributed by atoms with Gasteiger partial charge in [0.05, 0.1) is 25.0 Å². The summed E-state index contributed by atoms with van der Waals surface area (Å²) >= 11 is 0. The van der Waals surface area contributed by atoms with E-state index < -0.39 is 0 Å². The van der Waals surface area contributed by atoms with Gasteiger partial charge < -0.3 is 10.4 Å². The van der Waals surface area contributed by atoms with Crippen LogP contribution >= 0.6 is 0 Å². The molecule has 0 atom stereocenters. The maximum atomic E-state index is 13.0. The molecule has 3 heterocycles. The second kappa shape index (κ2) is 7.48. The fourth-order valence-electron chi connectivity index (χ4n) is 3.27. The molecule has 2 aromatic heterocycles. The Kier molecular flexibility index (Phi) is 4.85. The van der Waals surface area contributed by atoms with Crippen molar-refractivity contribution in [2.75, 3.05) is 22.2 Å². The van der Waals surface area contributed by atoms with Crippen molar-refractivity contribution in [2.24, 2.45) is 0 Å². The number of hydrogen-bond acceptors (Lipinski definition) is 6. The first kappa shape index (κ1) is 18.8. The third-order valence-electron chi connectivity index (χ3n) is 4.92. The van der Waals surface area contributed by atoms with Crippen molar-refractivity contribution in [1.29, 1.82) is 0 Å². The Bertz CT molecular complexity index is 1070. The highest BCUT2D eigenvalue weighted by molar-refractivity contribution is 6.05. The van der Waals surface area contributed by atoms with Gasteiger partial charge in [-0.1, -0.05) is 12.1 Å². The highest BCUT2D eigenvalue weighted by Crippen LogP contribution is 2.32. The summed E-state index contributed by atoms with van der Waals surface area (Å²) < 4.78 is 0. The van der Waals surface area contributed by atoms with Gasteiger partial charge in [0.2, 0.25) is 5.95 Å². The molecule has 0 saturated heterocycles. The number of aryl methyl sites for hydroxylation is 2. The van der Waals surface area contributed by atoms with E-state index in [1.165, 1.54) is 4.90 Å². The van der Waals surface area contributed by atoms with Crippen LogP contribution in [0.25, 0.3) is 0 Å². The molecule has 0 aliphatic carbocycles. The SMILES string of the molecule is Cc1ccc(Nc2ncc3c(n2)N(C)C(=O)N(c2cc(CO)ccc2C)C3)cn1. The zero-order chi connectivity index (χ0) is 20.5. The predicted octanol–water partition coefficient (Wildman–Crippen LogP) is 3.30. The molecule has 148 valence electrons. The fourth-order valence-corrected chi connectivity index (χ4v) is 3.27. The molecule has 0 radical (unpaired) electrons. The van der Waals surface area contributed by atoms with Gasteiger partial charge in [-0.25, -0.2) is 9.78 Å². The number of aliphatic hydroxyl groups is 1. The first-order valence-electron chi connectivity index (χ1n) is 9.27. The van der Waals surface area contributed by atoms with Crippen molar-refractivity contribution in [3.63, 3.8) is 0 Å². The number of benzene rings is 1. The molecule has 3 aromatic rings. The van der Waals surface area contributed by atoms with Crippen LogP contribution in [-0.4, -0.2) is 33.1 Å². The van der Waals surface area contributed by atoms with E-state index in [9.17, 15) is 9.90 Å². The van der Waals surface area contributed by atoms with Crippen LogP contribution in [0.2, 0.25) is 0 Å². The van der Waals surface area contributed by atoms with Crippen molar-refractivity contribution in [1.82, 2.24) is 15.0 Å². The number of nitrogens with zero attached hydrogens (tertiary/aromatic N) is 5. The maximum Gasteiger partial charge on any atom is 0.330 e. The van der Waals surface area contributed by atoms with E-state index >= 15 is 0 Å². The van der Waals surface area contributed by atoms with Gasteiger partial charge in [0.15, 0.2) is 0 Å². The Morgan fingerprint density at radius 3 is 2.69 bits per heavy atom. The standard InChI is InChI=1S/C21H22N6O2/c1-13-4-6-15(12-28)8-18(13)27-11-16-9-23-20(25-19(16)26(3)21(27)29)24-17-7-5-14(2)22-10-17/h4-10,28H,11-12H2,1-3H3,(H,23,24,25). The normalized spacial score (nSPS) is 13.4. The van der Waals surface area contributed by atoms with Crippen LogP contribution in [0.15, 0.2) is 42.7 Å². The summed E-state index contributed by atoms with van der Waals surface area (Å²) in [6, 6.07) is 9.22. The van der Waals surface area contributed by atoms with Gasteiger partial charge in [0.25, 0.3) is 0 Å². The van der Waals surface area contributed by atoms with Crippen LogP contribution in [0, 0.1) is 13.8 Å². The van der Waals surface area contributed by atoms with Crippen molar-refractivity contribution < 1.29 is 9.90 Å². The third-order valence-corrected chi connectivity index (χ3v) is 4.92. The number of anilines is 4. The number of carbonyl (C=O) groups excluding carboxylic acids is 1. The fraction of sp³-hybridized carbons (Fsp3) is 0.238. The van der Waals surface area contributed by atoms with Crippen LogP contribution in [0.3, 0.4) is 0 Å². The highest BCUT2D eigenvalue weighted by Gasteiger charge is 2.31. The average molecular weight is 390 g/mol. The highest BCUT2D eigenvalue weighted by atomic mass is 16.3. The minimum absolute atomic E-state index is 0.0756. The number of hydrogen-bond donors (Lipinski definition) is 2. The number of carbonyl (C=O) groups is 1. The van der Waals surface area contributed by atoms with Gasteiger partial charge in [-0.15, -0.1) is 0 Å². The molecule has 2 N–H and O–H groups in total. The second-order valence-electron chi connectivity index (χ2n) is 7.06. The van der Waals surface area contributed by atoms with Crippen LogP contribution < -0.4 is 15.1 Å². The molecular weight excluding hydrogens is 368 g/mol. The first-order chi connectivity index (χ1) is 14.0. The van der Waals surface area contributed by atoms with E-state index in [0.717, 1.165) is 33.8 Å². The van der Waals surface area contributed by atoms with Crippen LogP contribution in [0.5, 0.6) is 0 Å². The maximum absolute atomic E-state index is 13.0. The summed E-state index contributed by atoms with van der Waals surface area (Å²) in [7, 11) is 1.70. The van der Waals surface area contributed by atoms with Gasteiger partial charge in [-0.05, 0) is 43.2 Å². The van der Waals surface area contributed by atoms with E-state index in [-0.39, 0.29) is 12.6 Å². The molecule has 0 spiro atoms. The molecule has 0 saturated carbocycles. The molecule has 2 amide bonds. The Balaban J connectivity index is 1.64. The summed E-state index contributed by atoms with van der Waals surface area (Å²) in [5.41, 5.74) is 5.03. The predicted molar refractivity (Wildman–Crippen MR) is 111 cm³/mol. The summed E-state index contributed by atoms with van der Waals surface area (Å²) in [5.74, 6) is 0.973. The number of rotatable bonds is 4. The van der Waals surface area contributed by atoms with Crippen LogP contribution in [0.1, 0.15) is 22.4 Å². The molecule has 4 rings (SSSR count). The van der Waals surface area contributed by atoms with E-state index in [1.807, 2.05) is 44.2 Å². The van der Waals surface area contributed by atoms with E-state index in [0.29, 0.717) is 18.3 Å². The van der Waals surface area contributed by atoms with E-state index in [2.05, 4.69) is 20.3 Å². The van der Waals surface area contributed by atoms with Gasteiger partial charge in [-0.3, -0.25) is 14.8 Å². The van der Waals surface area contributed by atoms with Crippen molar-refractivity contribution in [3.05, 3.63) is 65.1 Å². The molecule has 0 fully saturated rings. The molecule has 8 nitrogen and oxygen atoms in total. The van der Waals surface area contributed by atoms with Crippen LogP contribution in [0.4, 0.5) is 27.9 Å². The van der Waals surface area contributed by atoms with E-state index in [1.54, 1.807) is 24.3 Å². The zero-order valence-electron chi connectivity index (χ0n) is 16.5. The molecule has 0 bridgehead atoms. The Morgan fingerprint density at radius 1 is 1.14 bits per heavy atom. The largest absolute Gasteiger partial charge is 0.392 e. The quantitative estimate of drug-likeness (QED) is 0.710. The van der Waals surface area contributed by atoms with Crippen molar-refractivity contribution >= 4 is 29.2 Å². The molecule has 8 heteroatoms. The zero-order valence-corrected chi connectivity index (χ0v) is 16.5. The number of nitrogens with one attached hydrogen (secondary N) is 1. The number of aromatic nitrogens is 3. The molecule has 1 aliphatic rings. The van der Waals surface area contributed by atoms with E-state index in [4.69, 9.17) is 0 Å². The molecular formula is C21H22N6O2. The lowest BCUT2D eigenvalue weighted by molar-refractivity contribution is 0.251. The lowest BCUT2D eigenvalue weighted by atomic mass is 10.1. The lowest BCUT2D eigenvalue weighted by Crippen LogP contribution is -2.46. The minimum Gasteiger partial charge on any atom is -0.392 e. The number of urea groups is 1. The number of aliphatic hydroxyl groups excluding tert-OH is 1. The number of fused-ring (bicyclic) bond motifs is 1. The molecule has 1 aromatic carbocycles. The Morgan fingerprint density at radius 2 is 1.97 bits per heavy atom. The smallest absolute Gasteiger partial charge is 0.330 e. The Labute approximate surface area is 168 Å². The molecule has 1 aliphatic heterocycles. The minimum atomic E-state index is -0.183. The summed E-state index contributed by atoms with van der Waals surface area (Å²) in [4.78, 5) is 29.4. The van der Waals surface area contributed by atoms with Gasteiger partial charge in [-0.2, -0.15) is 4.98 Å². The lowest BCUT2D eigenvalue weighted by Gasteiger charge is -2.35. The first-order valence-corrected chi connectivity index (χ1v) is 9.27. The summed E-state index contributed by atoms with van der Waals surface area (Å²) in [6.45, 7) is 4.15. The van der Waals surface area contributed by atoms with Gasteiger partial charge in [0, 0.05) is 30.2 Å². The van der Waals surface area contributed by atoms with Gasteiger partial charge >= 0.3 is 6.03 Å². The van der Waals surface area contributed by atoms with Crippen molar-refractivity contribution in [3.8, 4) is 0 Å². The average Bonchev–Trinajstić information content (AvgIpc) is 2.73.